The van der Waals surface area contributed by atoms with Crippen molar-refractivity contribution < 1.29 is 14.7 Å². The summed E-state index contributed by atoms with van der Waals surface area (Å²) < 4.78 is 0. The number of amides is 2. The van der Waals surface area contributed by atoms with Gasteiger partial charge in [0.25, 0.3) is 0 Å². The van der Waals surface area contributed by atoms with Crippen LogP contribution in [0.15, 0.2) is 89.9 Å². The van der Waals surface area contributed by atoms with Gasteiger partial charge in [0, 0.05) is 6.54 Å². The fraction of sp³-hybridized carbons (Fsp3) is 0.250. The number of hydrogen-bond acceptors (Lipinski definition) is 4. The van der Waals surface area contributed by atoms with Gasteiger partial charge in [0.2, 0.25) is 11.8 Å². The Hall–Kier alpha value is -4.33. The van der Waals surface area contributed by atoms with E-state index in [4.69, 9.17) is 11.5 Å². The van der Waals surface area contributed by atoms with E-state index < -0.39 is 12.0 Å². The monoisotopic (exact) mass is 487 g/mol. The maximum atomic E-state index is 13.6. The van der Waals surface area contributed by atoms with Crippen LogP contribution in [-0.2, 0) is 9.59 Å². The van der Waals surface area contributed by atoms with Crippen molar-refractivity contribution in [3.63, 3.8) is 0 Å². The molecule has 188 valence electrons. The summed E-state index contributed by atoms with van der Waals surface area (Å²) in [6, 6.07) is 24.4. The van der Waals surface area contributed by atoms with Crippen molar-refractivity contribution in [2.75, 3.05) is 6.54 Å². The standard InChI is InChI=1S/C28H33N5O3/c1-19(20-14-16-23(34)17-15-20)32-26(35)24(13-8-18-31-28(29)30)33-27(36)25(21-9-4-2-5-10-21)22-11-6-3-7-12-22/h2-7,9-12,14-17,19,24-25,34H,8,13,18H2,1H3,(H,32,35)(H,33,36)(H4,29,30,31)/t19-,24+/m1/s1. The van der Waals surface area contributed by atoms with Crippen LogP contribution in [0, 0.1) is 0 Å². The highest BCUT2D eigenvalue weighted by Crippen LogP contribution is 2.25. The summed E-state index contributed by atoms with van der Waals surface area (Å²) in [6.07, 6.45) is 0.859. The zero-order chi connectivity index (χ0) is 25.9. The van der Waals surface area contributed by atoms with E-state index in [1.807, 2.05) is 67.6 Å². The molecule has 0 saturated carbocycles. The van der Waals surface area contributed by atoms with Crippen molar-refractivity contribution >= 4 is 17.8 Å². The van der Waals surface area contributed by atoms with E-state index in [9.17, 15) is 14.7 Å². The molecule has 3 aromatic carbocycles. The molecule has 0 saturated heterocycles. The molecule has 0 aliphatic rings. The Morgan fingerprint density at radius 1 is 0.806 bits per heavy atom. The number of carbonyl (C=O) groups excluding carboxylic acids is 2. The highest BCUT2D eigenvalue weighted by molar-refractivity contribution is 5.92. The molecule has 0 radical (unpaired) electrons. The Kier molecular flexibility index (Phi) is 9.45. The fourth-order valence-corrected chi connectivity index (χ4v) is 3.97. The molecule has 7 N–H and O–H groups in total. The third kappa shape index (κ3) is 7.59. The van der Waals surface area contributed by atoms with Gasteiger partial charge in [-0.25, -0.2) is 0 Å². The van der Waals surface area contributed by atoms with Crippen LogP contribution in [0.3, 0.4) is 0 Å². The number of rotatable bonds is 11. The van der Waals surface area contributed by atoms with Crippen LogP contribution in [0.5, 0.6) is 5.75 Å². The molecule has 8 nitrogen and oxygen atoms in total. The van der Waals surface area contributed by atoms with E-state index in [-0.39, 0.29) is 29.6 Å². The molecule has 0 aromatic heterocycles. The van der Waals surface area contributed by atoms with Gasteiger partial charge in [0.05, 0.1) is 12.0 Å². The minimum atomic E-state index is -0.791. The molecule has 0 unspecified atom stereocenters. The molecule has 0 fully saturated rings. The van der Waals surface area contributed by atoms with Gasteiger partial charge in [-0.15, -0.1) is 0 Å². The Balaban J connectivity index is 1.80. The van der Waals surface area contributed by atoms with Gasteiger partial charge in [0.1, 0.15) is 11.8 Å². The highest BCUT2D eigenvalue weighted by atomic mass is 16.3. The molecule has 0 heterocycles. The number of aliphatic imine (C=N–C) groups is 1. The molecule has 0 aliphatic carbocycles. The molecular weight excluding hydrogens is 454 g/mol. The first-order valence-corrected chi connectivity index (χ1v) is 11.9. The average Bonchev–Trinajstić information content (AvgIpc) is 2.87. The first-order valence-electron chi connectivity index (χ1n) is 11.9. The Bertz CT molecular complexity index is 1110. The predicted octanol–water partition coefficient (Wildman–Crippen LogP) is 2.94. The van der Waals surface area contributed by atoms with Crippen LogP contribution < -0.4 is 22.1 Å². The average molecular weight is 488 g/mol. The summed E-state index contributed by atoms with van der Waals surface area (Å²) in [7, 11) is 0. The van der Waals surface area contributed by atoms with Crippen molar-refractivity contribution in [3.8, 4) is 5.75 Å². The number of benzene rings is 3. The van der Waals surface area contributed by atoms with E-state index in [1.165, 1.54) is 0 Å². The number of phenols is 1. The minimum absolute atomic E-state index is 0.0193. The van der Waals surface area contributed by atoms with Gasteiger partial charge >= 0.3 is 0 Å². The largest absolute Gasteiger partial charge is 0.508 e. The number of nitrogens with zero attached hydrogens (tertiary/aromatic N) is 1. The molecular formula is C28H33N5O3. The molecule has 2 amide bonds. The van der Waals surface area contributed by atoms with Crippen molar-refractivity contribution in [1.82, 2.24) is 10.6 Å². The van der Waals surface area contributed by atoms with Crippen molar-refractivity contribution in [1.29, 1.82) is 0 Å². The van der Waals surface area contributed by atoms with Crippen LogP contribution in [-0.4, -0.2) is 35.5 Å². The molecule has 8 heteroatoms. The zero-order valence-corrected chi connectivity index (χ0v) is 20.3. The molecule has 0 aliphatic heterocycles. The van der Waals surface area contributed by atoms with Gasteiger partial charge in [-0.2, -0.15) is 0 Å². The van der Waals surface area contributed by atoms with E-state index in [1.54, 1.807) is 24.3 Å². The SMILES string of the molecule is C[C@@H](NC(=O)[C@H](CCCN=C(N)N)NC(=O)C(c1ccccc1)c1ccccc1)c1ccc(O)cc1. The third-order valence-electron chi connectivity index (χ3n) is 5.86. The van der Waals surface area contributed by atoms with E-state index in [0.717, 1.165) is 16.7 Å². The summed E-state index contributed by atoms with van der Waals surface area (Å²) in [4.78, 5) is 30.9. The molecule has 3 aromatic rings. The minimum Gasteiger partial charge on any atom is -0.508 e. The number of nitrogens with one attached hydrogen (secondary N) is 2. The first-order chi connectivity index (χ1) is 17.3. The molecule has 3 rings (SSSR count). The lowest BCUT2D eigenvalue weighted by atomic mass is 9.90. The van der Waals surface area contributed by atoms with E-state index in [2.05, 4.69) is 15.6 Å². The van der Waals surface area contributed by atoms with Gasteiger partial charge in [-0.05, 0) is 48.6 Å². The first kappa shape index (κ1) is 26.3. The third-order valence-corrected chi connectivity index (χ3v) is 5.86. The van der Waals surface area contributed by atoms with Gasteiger partial charge in [-0.1, -0.05) is 72.8 Å². The second-order valence-electron chi connectivity index (χ2n) is 8.59. The Labute approximate surface area is 211 Å². The highest BCUT2D eigenvalue weighted by Gasteiger charge is 2.28. The van der Waals surface area contributed by atoms with Crippen LogP contribution in [0.4, 0.5) is 0 Å². The smallest absolute Gasteiger partial charge is 0.243 e. The number of guanidine groups is 1. The maximum Gasteiger partial charge on any atom is 0.243 e. The van der Waals surface area contributed by atoms with Crippen LogP contribution >= 0.6 is 0 Å². The molecule has 2 atom stereocenters. The molecule has 0 spiro atoms. The van der Waals surface area contributed by atoms with Crippen molar-refractivity contribution in [2.45, 2.75) is 37.8 Å². The van der Waals surface area contributed by atoms with Gasteiger partial charge in [0.15, 0.2) is 5.96 Å². The van der Waals surface area contributed by atoms with Crippen molar-refractivity contribution in [2.24, 2.45) is 16.5 Å². The summed E-state index contributed by atoms with van der Waals surface area (Å²) in [6.45, 7) is 2.19. The number of nitrogens with two attached hydrogens (primary N) is 2. The number of hydrogen-bond donors (Lipinski definition) is 5. The molecule has 0 bridgehead atoms. The lowest BCUT2D eigenvalue weighted by Gasteiger charge is -2.24. The van der Waals surface area contributed by atoms with Crippen LogP contribution in [0.2, 0.25) is 0 Å². The van der Waals surface area contributed by atoms with E-state index >= 15 is 0 Å². The summed E-state index contributed by atoms with van der Waals surface area (Å²) in [5.74, 6) is -1.03. The second kappa shape index (κ2) is 12.9. The summed E-state index contributed by atoms with van der Waals surface area (Å²) >= 11 is 0. The topological polar surface area (TPSA) is 143 Å². The predicted molar refractivity (Wildman–Crippen MR) is 141 cm³/mol. The Morgan fingerprint density at radius 3 is 1.89 bits per heavy atom. The van der Waals surface area contributed by atoms with Gasteiger partial charge in [-0.3, -0.25) is 14.6 Å². The van der Waals surface area contributed by atoms with Crippen LogP contribution in [0.25, 0.3) is 0 Å². The fourth-order valence-electron chi connectivity index (χ4n) is 3.97. The maximum absolute atomic E-state index is 13.6. The quantitative estimate of drug-likeness (QED) is 0.161. The van der Waals surface area contributed by atoms with Gasteiger partial charge < -0.3 is 27.2 Å². The summed E-state index contributed by atoms with van der Waals surface area (Å²) in [5, 5.41) is 15.5. The second-order valence-corrected chi connectivity index (χ2v) is 8.59. The van der Waals surface area contributed by atoms with E-state index in [0.29, 0.717) is 19.4 Å². The Morgan fingerprint density at radius 2 is 1.36 bits per heavy atom. The number of carbonyl (C=O) groups is 2. The van der Waals surface area contributed by atoms with Crippen molar-refractivity contribution in [3.05, 3.63) is 102 Å². The summed E-state index contributed by atoms with van der Waals surface area (Å²) in [5.41, 5.74) is 13.3. The van der Waals surface area contributed by atoms with Crippen LogP contribution in [0.1, 0.15) is 48.4 Å². The lowest BCUT2D eigenvalue weighted by Crippen LogP contribution is -2.48. The normalized spacial score (nSPS) is 12.4. The molecule has 36 heavy (non-hydrogen) atoms. The zero-order valence-electron chi connectivity index (χ0n) is 20.3. The number of phenolic OH excluding ortho intramolecular Hbond substituents is 1. The number of aromatic hydroxyl groups is 1. The lowest BCUT2D eigenvalue weighted by molar-refractivity contribution is -0.129.